The van der Waals surface area contributed by atoms with Crippen molar-refractivity contribution in [3.05, 3.63) is 182 Å². The molecule has 0 aliphatic rings. The van der Waals surface area contributed by atoms with E-state index in [1.807, 2.05) is 66.7 Å². The van der Waals surface area contributed by atoms with Crippen LogP contribution in [0.5, 0.6) is 0 Å². The van der Waals surface area contributed by atoms with Gasteiger partial charge >= 0.3 is 0 Å². The number of fused-ring (bicyclic) bond motifs is 9. The molecule has 12 aromatic rings. The molecule has 8 aromatic carbocycles. The summed E-state index contributed by atoms with van der Waals surface area (Å²) in [7, 11) is 0. The lowest BCUT2D eigenvalue weighted by atomic mass is 9.98. The second-order valence-electron chi connectivity index (χ2n) is 13.9. The summed E-state index contributed by atoms with van der Waals surface area (Å²) in [6.45, 7) is 0. The van der Waals surface area contributed by atoms with Crippen molar-refractivity contribution in [1.29, 1.82) is 0 Å². The Bertz CT molecular complexity index is 3820. The quantitative estimate of drug-likeness (QED) is 0.175. The van der Waals surface area contributed by atoms with E-state index >= 15 is 0 Å². The van der Waals surface area contributed by atoms with Crippen LogP contribution in [0.3, 0.4) is 0 Å². The van der Waals surface area contributed by atoms with Gasteiger partial charge in [0, 0.05) is 78.9 Å². The average molecular weight is 769 g/mol. The van der Waals surface area contributed by atoms with Gasteiger partial charge in [0.25, 0.3) is 0 Å². The average Bonchev–Trinajstić information content (AvgIpc) is 4.01. The number of para-hydroxylation sites is 2. The van der Waals surface area contributed by atoms with E-state index in [9.17, 15) is 2.74 Å². The molecule has 0 bridgehead atoms. The lowest BCUT2D eigenvalue weighted by Crippen LogP contribution is -2.02. The zero-order valence-corrected chi connectivity index (χ0v) is 31.6. The van der Waals surface area contributed by atoms with E-state index in [-0.39, 0.29) is 47.0 Å². The number of thiophene rings is 2. The molecule has 0 radical (unpaired) electrons. The maximum absolute atomic E-state index is 9.26. The molecule has 4 aromatic heterocycles. The van der Waals surface area contributed by atoms with Crippen molar-refractivity contribution in [1.82, 2.24) is 19.5 Å². The fraction of sp³-hybridized carbons (Fsp3) is 0. The number of rotatable bonds is 5. The van der Waals surface area contributed by atoms with E-state index < -0.39 is 0 Å². The highest BCUT2D eigenvalue weighted by molar-refractivity contribution is 7.26. The monoisotopic (exact) mass is 768 g/mol. The summed E-state index contributed by atoms with van der Waals surface area (Å²) in [5.41, 5.74) is 5.28. The van der Waals surface area contributed by atoms with E-state index in [0.717, 1.165) is 57.9 Å². The molecule has 6 heteroatoms. The largest absolute Gasteiger partial charge is 0.309 e. The Labute approximate surface area is 344 Å². The first-order valence-corrected chi connectivity index (χ1v) is 20.2. The number of benzene rings is 8. The minimum absolute atomic E-state index is 0.0210. The van der Waals surface area contributed by atoms with Gasteiger partial charge in [-0.2, -0.15) is 0 Å². The molecule has 266 valence electrons. The third-order valence-corrected chi connectivity index (χ3v) is 13.0. The molecule has 0 N–H and O–H groups in total. The molecule has 57 heavy (non-hydrogen) atoms. The van der Waals surface area contributed by atoms with Gasteiger partial charge in [0.15, 0.2) is 17.5 Å². The Hall–Kier alpha value is -6.99. The summed E-state index contributed by atoms with van der Waals surface area (Å²) in [6.07, 6.45) is 0. The first-order chi connectivity index (χ1) is 30.7. The van der Waals surface area contributed by atoms with E-state index in [4.69, 9.17) is 20.4 Å². The van der Waals surface area contributed by atoms with Crippen LogP contribution < -0.4 is 0 Å². The van der Waals surface area contributed by atoms with Crippen molar-refractivity contribution < 1.29 is 8.22 Å². The lowest BCUT2D eigenvalue weighted by molar-refractivity contribution is 1.08. The van der Waals surface area contributed by atoms with Gasteiger partial charge in [0.1, 0.15) is 0 Å². The second kappa shape index (κ2) is 12.8. The zero-order chi connectivity index (χ0) is 42.7. The van der Waals surface area contributed by atoms with Crippen molar-refractivity contribution in [3.8, 4) is 51.0 Å². The Morgan fingerprint density at radius 2 is 1.04 bits per heavy atom. The Morgan fingerprint density at radius 1 is 0.421 bits per heavy atom. The van der Waals surface area contributed by atoms with Crippen molar-refractivity contribution >= 4 is 84.8 Å². The highest BCUT2D eigenvalue weighted by Gasteiger charge is 2.21. The fourth-order valence-corrected chi connectivity index (χ4v) is 10.5. The van der Waals surface area contributed by atoms with Gasteiger partial charge in [-0.25, -0.2) is 15.0 Å². The van der Waals surface area contributed by atoms with Crippen molar-refractivity contribution in [2.24, 2.45) is 0 Å². The molecular weight excluding hydrogens is 733 g/mol. The molecule has 12 rings (SSSR count). The zero-order valence-electron chi connectivity index (χ0n) is 36.0. The Kier molecular flexibility index (Phi) is 6.00. The summed E-state index contributed by atoms with van der Waals surface area (Å²) in [6, 6.07) is 47.0. The topological polar surface area (TPSA) is 43.6 Å². The third kappa shape index (κ3) is 5.08. The lowest BCUT2D eigenvalue weighted by Gasteiger charge is -2.17. The molecule has 0 spiro atoms. The molecule has 0 aliphatic heterocycles. The SMILES string of the molecule is [2H]c1cc([2H])c2c(c1[2H])c1c([2H])c([2H])cc([2H])c1n2-c1ccc(-c2nc(-c3ccccc3)nc(-c3cccc4sc5ccccc5c34)n2)cc1-c1cccc2c1sc1ccccc12. The molecule has 0 saturated heterocycles. The molecule has 0 aliphatic carbocycles. The second-order valence-corrected chi connectivity index (χ2v) is 16.0. The molecule has 4 heterocycles. The van der Waals surface area contributed by atoms with Crippen molar-refractivity contribution in [2.45, 2.75) is 0 Å². The minimum atomic E-state index is -0.163. The Balaban J connectivity index is 1.19. The molecular formula is C51H30N4S2. The van der Waals surface area contributed by atoms with E-state index in [0.29, 0.717) is 39.8 Å². The van der Waals surface area contributed by atoms with Gasteiger partial charge in [-0.3, -0.25) is 0 Å². The van der Waals surface area contributed by atoms with Crippen molar-refractivity contribution in [3.63, 3.8) is 0 Å². The first-order valence-electron chi connectivity index (χ1n) is 21.5. The standard InChI is InChI=1S/C51H30N4S2/c1-2-14-31(15-3-1)49-52-50(54-51(53-49)39-22-13-27-46-47(39)38-19-7-11-26-45(38)56-46)32-28-29-43(55-41-23-8-4-16-33(41)34-17-5-9-24-42(34)55)40(30-32)37-21-12-20-36-35-18-6-10-25-44(35)57-48(36)37/h1-30H/i4D,5D,16D,17D,23D,24D. The third-order valence-electron chi connectivity index (χ3n) is 10.6. The van der Waals surface area contributed by atoms with Crippen LogP contribution in [0, 0.1) is 0 Å². The highest BCUT2D eigenvalue weighted by Crippen LogP contribution is 2.45. The van der Waals surface area contributed by atoms with Crippen LogP contribution in [-0.4, -0.2) is 19.5 Å². The van der Waals surface area contributed by atoms with E-state index in [2.05, 4.69) is 66.7 Å². The summed E-state index contributed by atoms with van der Waals surface area (Å²) in [5.74, 6) is 1.51. The summed E-state index contributed by atoms with van der Waals surface area (Å²) >= 11 is 3.42. The van der Waals surface area contributed by atoms with Gasteiger partial charge < -0.3 is 4.57 Å². The van der Waals surface area contributed by atoms with Gasteiger partial charge in [-0.1, -0.05) is 133 Å². The fourth-order valence-electron chi connectivity index (χ4n) is 8.10. The summed E-state index contributed by atoms with van der Waals surface area (Å²) in [5, 5.41) is 4.84. The predicted molar refractivity (Wildman–Crippen MR) is 242 cm³/mol. The summed E-state index contributed by atoms with van der Waals surface area (Å²) < 4.78 is 60.1. The maximum Gasteiger partial charge on any atom is 0.164 e. The van der Waals surface area contributed by atoms with Gasteiger partial charge in [0.05, 0.1) is 24.9 Å². The maximum atomic E-state index is 9.26. The summed E-state index contributed by atoms with van der Waals surface area (Å²) in [4.78, 5) is 15.5. The number of aromatic nitrogens is 4. The highest BCUT2D eigenvalue weighted by atomic mass is 32.1. The Morgan fingerprint density at radius 3 is 1.82 bits per heavy atom. The van der Waals surface area contributed by atoms with Gasteiger partial charge in [-0.05, 0) is 48.5 Å². The molecule has 0 saturated carbocycles. The minimum Gasteiger partial charge on any atom is -0.309 e. The smallest absolute Gasteiger partial charge is 0.164 e. The molecule has 0 unspecified atom stereocenters. The van der Waals surface area contributed by atoms with Crippen LogP contribution in [0.4, 0.5) is 0 Å². The molecule has 0 amide bonds. The predicted octanol–water partition coefficient (Wildman–Crippen LogP) is 14.4. The molecule has 0 atom stereocenters. The van der Waals surface area contributed by atoms with Crippen LogP contribution in [0.15, 0.2) is 182 Å². The van der Waals surface area contributed by atoms with Gasteiger partial charge in [-0.15, -0.1) is 22.7 Å². The van der Waals surface area contributed by atoms with Gasteiger partial charge in [0.2, 0.25) is 0 Å². The van der Waals surface area contributed by atoms with Crippen LogP contribution in [0.1, 0.15) is 8.22 Å². The van der Waals surface area contributed by atoms with E-state index in [1.165, 1.54) is 16.8 Å². The van der Waals surface area contributed by atoms with Crippen molar-refractivity contribution in [2.75, 3.05) is 0 Å². The number of hydrogen-bond donors (Lipinski definition) is 0. The normalized spacial score (nSPS) is 13.3. The van der Waals surface area contributed by atoms with Crippen LogP contribution in [0.2, 0.25) is 0 Å². The number of hydrogen-bond acceptors (Lipinski definition) is 5. The first kappa shape index (κ1) is 26.8. The number of nitrogens with zero attached hydrogens (tertiary/aromatic N) is 4. The van der Waals surface area contributed by atoms with E-state index in [1.54, 1.807) is 27.2 Å². The molecule has 4 nitrogen and oxygen atoms in total. The van der Waals surface area contributed by atoms with Crippen LogP contribution in [0.25, 0.3) is 113 Å². The molecule has 0 fully saturated rings. The van der Waals surface area contributed by atoms with Crippen LogP contribution in [-0.2, 0) is 0 Å². The van der Waals surface area contributed by atoms with Crippen LogP contribution >= 0.6 is 22.7 Å².